The van der Waals surface area contributed by atoms with E-state index in [-0.39, 0.29) is 0 Å². The molecule has 16 heavy (non-hydrogen) atoms. The van der Waals surface area contributed by atoms with Crippen LogP contribution in [0.3, 0.4) is 0 Å². The lowest BCUT2D eigenvalue weighted by Crippen LogP contribution is -2.60. The van der Waals surface area contributed by atoms with Crippen LogP contribution in [0.5, 0.6) is 0 Å². The molecule has 1 heterocycles. The lowest BCUT2D eigenvalue weighted by molar-refractivity contribution is -0.0152. The lowest BCUT2D eigenvalue weighted by Gasteiger charge is -2.51. The highest BCUT2D eigenvalue weighted by molar-refractivity contribution is 4.94. The fourth-order valence-electron chi connectivity index (χ4n) is 2.72. The van der Waals surface area contributed by atoms with Crippen LogP contribution in [-0.4, -0.2) is 30.1 Å². The molecule has 1 saturated heterocycles. The van der Waals surface area contributed by atoms with Gasteiger partial charge in [0.25, 0.3) is 0 Å². The molecule has 0 aromatic heterocycles. The molecule has 1 fully saturated rings. The minimum Gasteiger partial charge on any atom is -0.330 e. The zero-order valence-corrected chi connectivity index (χ0v) is 11.5. The topological polar surface area (TPSA) is 29.3 Å². The molecule has 0 radical (unpaired) electrons. The molecule has 0 bridgehead atoms. The predicted octanol–water partition coefficient (Wildman–Crippen LogP) is 3.02. The highest BCUT2D eigenvalue weighted by atomic mass is 15.2. The molecule has 0 aromatic carbocycles. The van der Waals surface area contributed by atoms with Crippen LogP contribution in [0.25, 0.3) is 0 Å². The predicted molar refractivity (Wildman–Crippen MR) is 71.6 cm³/mol. The largest absolute Gasteiger partial charge is 0.330 e. The molecule has 0 atom stereocenters. The van der Waals surface area contributed by atoms with Crippen molar-refractivity contribution in [1.82, 2.24) is 4.90 Å². The van der Waals surface area contributed by atoms with Crippen LogP contribution in [0.15, 0.2) is 0 Å². The number of nitrogens with zero attached hydrogens (tertiary/aromatic N) is 1. The van der Waals surface area contributed by atoms with Crippen molar-refractivity contribution in [2.75, 3.05) is 19.6 Å². The molecule has 0 spiro atoms. The smallest absolute Gasteiger partial charge is 0.0181 e. The first-order valence-electron chi connectivity index (χ1n) is 7.11. The van der Waals surface area contributed by atoms with Crippen molar-refractivity contribution in [3.05, 3.63) is 0 Å². The Hall–Kier alpha value is -0.0800. The van der Waals surface area contributed by atoms with E-state index in [4.69, 9.17) is 5.73 Å². The number of unbranched alkanes of at least 4 members (excludes halogenated alkanes) is 2. The van der Waals surface area contributed by atoms with E-state index in [2.05, 4.69) is 25.7 Å². The van der Waals surface area contributed by atoms with Gasteiger partial charge in [-0.25, -0.2) is 0 Å². The first kappa shape index (κ1) is 14.0. The first-order chi connectivity index (χ1) is 7.66. The van der Waals surface area contributed by atoms with E-state index in [1.165, 1.54) is 51.6 Å². The van der Waals surface area contributed by atoms with Crippen LogP contribution in [0.2, 0.25) is 0 Å². The summed E-state index contributed by atoms with van der Waals surface area (Å²) in [6, 6.07) is 0. The molecule has 1 aliphatic heterocycles. The van der Waals surface area contributed by atoms with Gasteiger partial charge in [-0.05, 0) is 32.2 Å². The van der Waals surface area contributed by atoms with Crippen LogP contribution in [0, 0.1) is 5.92 Å². The Labute approximate surface area is 102 Å². The van der Waals surface area contributed by atoms with Crippen molar-refractivity contribution in [3.63, 3.8) is 0 Å². The van der Waals surface area contributed by atoms with E-state index in [0.29, 0.717) is 5.54 Å². The fourth-order valence-corrected chi connectivity index (χ4v) is 2.72. The average molecular weight is 226 g/mol. The van der Waals surface area contributed by atoms with E-state index in [1.807, 2.05) is 0 Å². The number of rotatable bonds is 8. The summed E-state index contributed by atoms with van der Waals surface area (Å²) in [5, 5.41) is 0. The van der Waals surface area contributed by atoms with Crippen LogP contribution < -0.4 is 5.73 Å². The van der Waals surface area contributed by atoms with Gasteiger partial charge in [0.2, 0.25) is 0 Å². The summed E-state index contributed by atoms with van der Waals surface area (Å²) in [5.74, 6) is 0.766. The summed E-state index contributed by atoms with van der Waals surface area (Å²) in [6.45, 7) is 10.4. The number of hydrogen-bond acceptors (Lipinski definition) is 2. The Morgan fingerprint density at radius 1 is 1.12 bits per heavy atom. The van der Waals surface area contributed by atoms with Gasteiger partial charge in [0.1, 0.15) is 0 Å². The van der Waals surface area contributed by atoms with Crippen molar-refractivity contribution in [2.45, 2.75) is 64.8 Å². The van der Waals surface area contributed by atoms with Gasteiger partial charge in [-0.3, -0.25) is 4.90 Å². The Morgan fingerprint density at radius 2 is 1.62 bits per heavy atom. The Bertz CT molecular complexity index is 177. The van der Waals surface area contributed by atoms with Crippen LogP contribution in [-0.2, 0) is 0 Å². The van der Waals surface area contributed by atoms with Crippen LogP contribution in [0.4, 0.5) is 0 Å². The van der Waals surface area contributed by atoms with Gasteiger partial charge < -0.3 is 5.73 Å². The average Bonchev–Trinajstić information content (AvgIpc) is 2.22. The zero-order valence-electron chi connectivity index (χ0n) is 11.5. The molecule has 1 rings (SSSR count). The van der Waals surface area contributed by atoms with Gasteiger partial charge in [0.15, 0.2) is 0 Å². The normalized spacial score (nSPS) is 18.8. The van der Waals surface area contributed by atoms with Gasteiger partial charge >= 0.3 is 0 Å². The second-order valence-corrected chi connectivity index (χ2v) is 5.71. The monoisotopic (exact) mass is 226 g/mol. The fraction of sp³-hybridized carbons (Fsp3) is 1.00. The summed E-state index contributed by atoms with van der Waals surface area (Å²) in [5.41, 5.74) is 6.17. The lowest BCUT2D eigenvalue weighted by atomic mass is 9.82. The molecule has 2 nitrogen and oxygen atoms in total. The van der Waals surface area contributed by atoms with Crippen molar-refractivity contribution in [1.29, 1.82) is 0 Å². The molecule has 2 heteroatoms. The molecule has 0 aliphatic carbocycles. The van der Waals surface area contributed by atoms with Crippen molar-refractivity contribution in [2.24, 2.45) is 11.7 Å². The van der Waals surface area contributed by atoms with Crippen molar-refractivity contribution >= 4 is 0 Å². The van der Waals surface area contributed by atoms with Crippen molar-refractivity contribution in [3.8, 4) is 0 Å². The van der Waals surface area contributed by atoms with E-state index in [1.54, 1.807) is 0 Å². The van der Waals surface area contributed by atoms with Gasteiger partial charge in [0, 0.05) is 18.6 Å². The molecule has 0 saturated carbocycles. The summed E-state index contributed by atoms with van der Waals surface area (Å²) in [4.78, 5) is 2.68. The Balaban J connectivity index is 2.43. The Kier molecular flexibility index (Phi) is 5.77. The molecule has 0 unspecified atom stereocenters. The van der Waals surface area contributed by atoms with E-state index < -0.39 is 0 Å². The first-order valence-corrected chi connectivity index (χ1v) is 7.11. The minimum atomic E-state index is 0.456. The molecule has 1 aliphatic rings. The molecular weight excluding hydrogens is 196 g/mol. The number of hydrogen-bond donors (Lipinski definition) is 1. The van der Waals surface area contributed by atoms with Gasteiger partial charge in [0.05, 0.1) is 0 Å². The quantitative estimate of drug-likeness (QED) is 0.689. The summed E-state index contributed by atoms with van der Waals surface area (Å²) < 4.78 is 0. The number of nitrogens with two attached hydrogens (primary N) is 1. The highest BCUT2D eigenvalue weighted by Crippen LogP contribution is 2.33. The third-order valence-electron chi connectivity index (χ3n) is 4.19. The highest BCUT2D eigenvalue weighted by Gasteiger charge is 2.38. The maximum absolute atomic E-state index is 5.71. The van der Waals surface area contributed by atoms with E-state index in [0.717, 1.165) is 12.5 Å². The third kappa shape index (κ3) is 3.46. The number of likely N-dealkylation sites (tertiary alicyclic amines) is 1. The maximum atomic E-state index is 5.71. The van der Waals surface area contributed by atoms with Crippen LogP contribution in [0.1, 0.15) is 59.3 Å². The zero-order chi connectivity index (χ0) is 12.0. The molecule has 0 amide bonds. The standard InChI is InChI=1S/C14H30N2/c1-4-6-8-14(3,9-7-5-2)16-11-13(10-15)12-16/h13H,4-12,15H2,1-3H3. The van der Waals surface area contributed by atoms with Crippen LogP contribution >= 0.6 is 0 Å². The third-order valence-corrected chi connectivity index (χ3v) is 4.19. The molecular formula is C14H30N2. The van der Waals surface area contributed by atoms with Gasteiger partial charge in [-0.2, -0.15) is 0 Å². The van der Waals surface area contributed by atoms with E-state index >= 15 is 0 Å². The summed E-state index contributed by atoms with van der Waals surface area (Å²) in [7, 11) is 0. The van der Waals surface area contributed by atoms with Gasteiger partial charge in [-0.15, -0.1) is 0 Å². The van der Waals surface area contributed by atoms with Gasteiger partial charge in [-0.1, -0.05) is 39.5 Å². The Morgan fingerprint density at radius 3 is 2.00 bits per heavy atom. The second-order valence-electron chi connectivity index (χ2n) is 5.71. The maximum Gasteiger partial charge on any atom is 0.0181 e. The van der Waals surface area contributed by atoms with Crippen molar-refractivity contribution < 1.29 is 0 Å². The molecule has 0 aromatic rings. The molecule has 96 valence electrons. The SMILES string of the molecule is CCCCC(C)(CCCC)N1CC(CN)C1. The summed E-state index contributed by atoms with van der Waals surface area (Å²) >= 11 is 0. The second kappa shape index (κ2) is 6.61. The molecule has 2 N–H and O–H groups in total. The minimum absolute atomic E-state index is 0.456. The summed E-state index contributed by atoms with van der Waals surface area (Å²) in [6.07, 6.45) is 8.08. The van der Waals surface area contributed by atoms with E-state index in [9.17, 15) is 0 Å².